The van der Waals surface area contributed by atoms with Crippen molar-refractivity contribution in [2.24, 2.45) is 5.92 Å². The third-order valence-electron chi connectivity index (χ3n) is 4.69. The van der Waals surface area contributed by atoms with Crippen molar-refractivity contribution in [3.05, 3.63) is 71.8 Å². The molecule has 1 heterocycles. The standard InChI is InChI=1S/C21H25N3O2/c1-16(14-23(2)3)15-24-19(25)21(22-20(24)26,17-10-6-4-7-11-17)18-12-8-5-9-13-18/h4-13,16H,14-15H2,1-3H3,(H,22,26). The molecule has 1 aliphatic heterocycles. The lowest BCUT2D eigenvalue weighted by Crippen LogP contribution is -2.45. The van der Waals surface area contributed by atoms with E-state index in [0.717, 1.165) is 17.7 Å². The van der Waals surface area contributed by atoms with Crippen LogP contribution in [0.1, 0.15) is 18.1 Å². The minimum absolute atomic E-state index is 0.182. The van der Waals surface area contributed by atoms with Crippen LogP contribution in [0.4, 0.5) is 4.79 Å². The Morgan fingerprint density at radius 3 is 1.92 bits per heavy atom. The van der Waals surface area contributed by atoms with Crippen molar-refractivity contribution in [2.75, 3.05) is 27.2 Å². The highest BCUT2D eigenvalue weighted by Gasteiger charge is 2.53. The SMILES string of the molecule is CC(CN(C)C)CN1C(=O)NC(c2ccccc2)(c2ccccc2)C1=O. The zero-order valence-electron chi connectivity index (χ0n) is 15.5. The number of benzene rings is 2. The van der Waals surface area contributed by atoms with E-state index in [1.165, 1.54) is 4.90 Å². The third kappa shape index (κ3) is 3.22. The minimum Gasteiger partial charge on any atom is -0.315 e. The number of hydrogen-bond acceptors (Lipinski definition) is 3. The second-order valence-electron chi connectivity index (χ2n) is 7.20. The van der Waals surface area contributed by atoms with Gasteiger partial charge < -0.3 is 10.2 Å². The Morgan fingerprint density at radius 1 is 0.962 bits per heavy atom. The fourth-order valence-electron chi connectivity index (χ4n) is 3.67. The highest BCUT2D eigenvalue weighted by atomic mass is 16.2. The molecule has 0 aliphatic carbocycles. The fourth-order valence-corrected chi connectivity index (χ4v) is 3.67. The lowest BCUT2D eigenvalue weighted by Gasteiger charge is -2.28. The van der Waals surface area contributed by atoms with Gasteiger partial charge in [0, 0.05) is 13.1 Å². The van der Waals surface area contributed by atoms with Crippen LogP contribution in [0.5, 0.6) is 0 Å². The lowest BCUT2D eigenvalue weighted by molar-refractivity contribution is -0.130. The fraction of sp³-hybridized carbons (Fsp3) is 0.333. The Morgan fingerprint density at radius 2 is 1.46 bits per heavy atom. The molecule has 0 bridgehead atoms. The molecule has 1 N–H and O–H groups in total. The Balaban J connectivity index is 2.01. The van der Waals surface area contributed by atoms with Gasteiger partial charge in [-0.25, -0.2) is 4.79 Å². The monoisotopic (exact) mass is 351 g/mol. The second-order valence-corrected chi connectivity index (χ2v) is 7.20. The van der Waals surface area contributed by atoms with Gasteiger partial charge in [-0.2, -0.15) is 0 Å². The van der Waals surface area contributed by atoms with Gasteiger partial charge >= 0.3 is 6.03 Å². The van der Waals surface area contributed by atoms with Gasteiger partial charge in [-0.1, -0.05) is 67.6 Å². The predicted octanol–water partition coefficient (Wildman–Crippen LogP) is 2.68. The summed E-state index contributed by atoms with van der Waals surface area (Å²) in [6.07, 6.45) is 0. The zero-order valence-corrected chi connectivity index (χ0v) is 15.5. The second kappa shape index (κ2) is 7.30. The smallest absolute Gasteiger partial charge is 0.315 e. The Hall–Kier alpha value is -2.66. The molecule has 1 aliphatic rings. The molecular formula is C21H25N3O2. The molecule has 2 aromatic rings. The summed E-state index contributed by atoms with van der Waals surface area (Å²) in [6, 6.07) is 18.6. The van der Waals surface area contributed by atoms with Gasteiger partial charge in [-0.3, -0.25) is 9.69 Å². The zero-order chi connectivity index (χ0) is 18.7. The van der Waals surface area contributed by atoms with Crippen molar-refractivity contribution in [3.8, 4) is 0 Å². The lowest BCUT2D eigenvalue weighted by atomic mass is 9.82. The largest absolute Gasteiger partial charge is 0.325 e. The molecule has 1 atom stereocenters. The first-order valence-corrected chi connectivity index (χ1v) is 8.85. The van der Waals surface area contributed by atoms with Gasteiger partial charge in [0.05, 0.1) is 0 Å². The van der Waals surface area contributed by atoms with Gasteiger partial charge in [0.15, 0.2) is 5.54 Å². The number of urea groups is 1. The maximum absolute atomic E-state index is 13.5. The van der Waals surface area contributed by atoms with Crippen LogP contribution in [0.3, 0.4) is 0 Å². The maximum atomic E-state index is 13.5. The Labute approximate surface area is 154 Å². The average molecular weight is 351 g/mol. The number of carbonyl (C=O) groups is 2. The van der Waals surface area contributed by atoms with Crippen molar-refractivity contribution in [1.82, 2.24) is 15.1 Å². The van der Waals surface area contributed by atoms with E-state index in [1.54, 1.807) is 0 Å². The molecule has 5 nitrogen and oxygen atoms in total. The van der Waals surface area contributed by atoms with Gasteiger partial charge in [0.1, 0.15) is 0 Å². The van der Waals surface area contributed by atoms with E-state index in [1.807, 2.05) is 81.7 Å². The van der Waals surface area contributed by atoms with E-state index in [9.17, 15) is 9.59 Å². The van der Waals surface area contributed by atoms with Crippen molar-refractivity contribution in [2.45, 2.75) is 12.5 Å². The quantitative estimate of drug-likeness (QED) is 0.814. The predicted molar refractivity (Wildman–Crippen MR) is 102 cm³/mol. The molecule has 5 heteroatoms. The highest BCUT2D eigenvalue weighted by Crippen LogP contribution is 2.36. The Bertz CT molecular complexity index is 735. The molecule has 1 saturated heterocycles. The Kier molecular flexibility index (Phi) is 5.09. The van der Waals surface area contributed by atoms with Crippen molar-refractivity contribution >= 4 is 11.9 Å². The van der Waals surface area contributed by atoms with Gasteiger partial charge in [0.2, 0.25) is 0 Å². The molecule has 0 saturated carbocycles. The summed E-state index contributed by atoms with van der Waals surface area (Å²) >= 11 is 0. The van der Waals surface area contributed by atoms with E-state index in [2.05, 4.69) is 10.2 Å². The van der Waals surface area contributed by atoms with Gasteiger partial charge in [0.25, 0.3) is 5.91 Å². The average Bonchev–Trinajstić information content (AvgIpc) is 2.88. The molecule has 0 radical (unpaired) electrons. The molecule has 1 unspecified atom stereocenters. The molecule has 1 fully saturated rings. The number of rotatable bonds is 6. The number of amides is 3. The van der Waals surface area contributed by atoms with Gasteiger partial charge in [-0.15, -0.1) is 0 Å². The van der Waals surface area contributed by atoms with Crippen LogP contribution in [-0.2, 0) is 10.3 Å². The van der Waals surface area contributed by atoms with E-state index in [0.29, 0.717) is 6.54 Å². The van der Waals surface area contributed by atoms with Crippen molar-refractivity contribution < 1.29 is 9.59 Å². The summed E-state index contributed by atoms with van der Waals surface area (Å²) in [4.78, 5) is 29.7. The number of hydrogen-bond donors (Lipinski definition) is 1. The summed E-state index contributed by atoms with van der Waals surface area (Å²) in [5.41, 5.74) is 0.372. The van der Waals surface area contributed by atoms with Crippen molar-refractivity contribution in [1.29, 1.82) is 0 Å². The first-order valence-electron chi connectivity index (χ1n) is 8.85. The molecule has 3 rings (SSSR count). The van der Waals surface area contributed by atoms with Crippen molar-refractivity contribution in [3.63, 3.8) is 0 Å². The van der Waals surface area contributed by atoms with Crippen LogP contribution < -0.4 is 5.32 Å². The maximum Gasteiger partial charge on any atom is 0.325 e. The summed E-state index contributed by atoms with van der Waals surface area (Å²) in [5.74, 6) is -0.0347. The van der Waals surface area contributed by atoms with E-state index >= 15 is 0 Å². The van der Waals surface area contributed by atoms with Crippen LogP contribution >= 0.6 is 0 Å². The number of carbonyl (C=O) groups excluding carboxylic acids is 2. The molecular weight excluding hydrogens is 326 g/mol. The van der Waals surface area contributed by atoms with Crippen LogP contribution in [0.25, 0.3) is 0 Å². The highest BCUT2D eigenvalue weighted by molar-refractivity contribution is 6.09. The first-order chi connectivity index (χ1) is 12.4. The molecule has 26 heavy (non-hydrogen) atoms. The summed E-state index contributed by atoms with van der Waals surface area (Å²) in [6.45, 7) is 3.25. The number of imide groups is 1. The number of nitrogens with one attached hydrogen (secondary N) is 1. The first kappa shape index (κ1) is 18.1. The topological polar surface area (TPSA) is 52.6 Å². The van der Waals surface area contributed by atoms with Crippen LogP contribution in [0, 0.1) is 5.92 Å². The minimum atomic E-state index is -1.17. The molecule has 0 aromatic heterocycles. The van der Waals surface area contributed by atoms with E-state index < -0.39 is 5.54 Å². The summed E-state index contributed by atoms with van der Waals surface area (Å²) in [7, 11) is 3.97. The van der Waals surface area contributed by atoms with Gasteiger partial charge in [-0.05, 0) is 31.1 Å². The molecule has 0 spiro atoms. The third-order valence-corrected chi connectivity index (χ3v) is 4.69. The van der Waals surface area contributed by atoms with Crippen LogP contribution in [0.2, 0.25) is 0 Å². The summed E-state index contributed by atoms with van der Waals surface area (Å²) in [5, 5.41) is 2.98. The molecule has 3 amide bonds. The van der Waals surface area contributed by atoms with Crippen LogP contribution in [0.15, 0.2) is 60.7 Å². The normalized spacial score (nSPS) is 17.5. The van der Waals surface area contributed by atoms with E-state index in [4.69, 9.17) is 0 Å². The van der Waals surface area contributed by atoms with Crippen LogP contribution in [-0.4, -0.2) is 48.9 Å². The number of nitrogens with zero attached hydrogens (tertiary/aromatic N) is 2. The van der Waals surface area contributed by atoms with E-state index in [-0.39, 0.29) is 17.9 Å². The molecule has 2 aromatic carbocycles. The summed E-state index contributed by atoms with van der Waals surface area (Å²) < 4.78 is 0. The molecule has 136 valence electrons.